The number of ether oxygens (including phenoxy) is 3. The van der Waals surface area contributed by atoms with Gasteiger partial charge in [-0.25, -0.2) is 4.79 Å². The lowest BCUT2D eigenvalue weighted by Crippen LogP contribution is -2.60. The fourth-order valence-corrected chi connectivity index (χ4v) is 8.98. The van der Waals surface area contributed by atoms with Gasteiger partial charge in [-0.2, -0.15) is 0 Å². The van der Waals surface area contributed by atoms with Crippen LogP contribution in [0.25, 0.3) is 0 Å². The molecule has 11 atom stereocenters. The van der Waals surface area contributed by atoms with E-state index >= 15 is 0 Å². The zero-order chi connectivity index (χ0) is 49.9. The number of likely N-dealkylation sites (tertiary alicyclic amines) is 1. The number of nitrogens with zero attached hydrogens (tertiary/aromatic N) is 1. The highest BCUT2D eigenvalue weighted by Crippen LogP contribution is 2.37. The highest BCUT2D eigenvalue weighted by molar-refractivity contribution is 6.39. The van der Waals surface area contributed by atoms with Crippen LogP contribution in [-0.4, -0.2) is 134 Å². The van der Waals surface area contributed by atoms with Gasteiger partial charge in [-0.3, -0.25) is 19.2 Å². The summed E-state index contributed by atoms with van der Waals surface area (Å²) >= 11 is 0. The summed E-state index contributed by atoms with van der Waals surface area (Å²) in [4.78, 5) is 64.8. The van der Waals surface area contributed by atoms with Crippen LogP contribution in [-0.2, 0) is 38.2 Å². The lowest BCUT2D eigenvalue weighted by atomic mass is 9.82. The molecular weight excluding hydrogens is 863 g/mol. The number of carboxylic acid groups (broad SMARTS) is 1. The molecule has 0 aromatic rings. The number of aliphatic hydroxyl groups is 5. The number of Topliss-reactive ketones (excluding diaryl/α,β-unsaturated/α-hetero) is 2. The van der Waals surface area contributed by atoms with Crippen LogP contribution in [0, 0.1) is 29.1 Å². The Kier molecular flexibility index (Phi) is 24.0. The van der Waals surface area contributed by atoms with Gasteiger partial charge in [-0.1, -0.05) is 75.0 Å². The highest BCUT2D eigenvalue weighted by atomic mass is 16.6. The minimum absolute atomic E-state index is 0.00754. The number of aliphatic hydroxyl groups excluding tert-OH is 4. The van der Waals surface area contributed by atoms with Crippen molar-refractivity contribution in [2.24, 2.45) is 29.1 Å². The molecule has 1 amide bonds. The summed E-state index contributed by atoms with van der Waals surface area (Å²) in [5.74, 6) is -6.69. The molecule has 1 aliphatic carbocycles. The molecule has 3 fully saturated rings. The van der Waals surface area contributed by atoms with E-state index in [0.717, 1.165) is 29.7 Å². The van der Waals surface area contributed by atoms with Crippen molar-refractivity contribution < 1.29 is 68.8 Å². The van der Waals surface area contributed by atoms with Crippen molar-refractivity contribution in [3.63, 3.8) is 0 Å². The average molecular weight is 944 g/mol. The number of allylic oxidation sites excluding steroid dienone is 7. The van der Waals surface area contributed by atoms with Gasteiger partial charge in [-0.15, -0.1) is 0 Å². The van der Waals surface area contributed by atoms with Crippen molar-refractivity contribution in [1.29, 1.82) is 0 Å². The number of methoxy groups -OCH3 is 1. The zero-order valence-electron chi connectivity index (χ0n) is 41.0. The van der Waals surface area contributed by atoms with E-state index in [9.17, 15) is 54.6 Å². The fraction of sp³-hybridized carbons (Fsp3) is 0.712. The minimum atomic E-state index is -2.31. The number of carbonyl (C=O) groups excluding carboxylic acids is 4. The summed E-state index contributed by atoms with van der Waals surface area (Å²) in [6, 6.07) is -1.09. The third-order valence-electron chi connectivity index (χ3n) is 14.0. The molecule has 1 saturated carbocycles. The van der Waals surface area contributed by atoms with Crippen LogP contribution in [0.5, 0.6) is 0 Å². The average Bonchev–Trinajstić information content (AvgIpc) is 3.31. The molecule has 0 aromatic carbocycles. The topological polar surface area (TPSA) is 238 Å². The molecule has 67 heavy (non-hydrogen) atoms. The Balaban J connectivity index is 1.35. The number of amides is 1. The van der Waals surface area contributed by atoms with Crippen molar-refractivity contribution in [3.05, 3.63) is 59.8 Å². The normalized spacial score (nSPS) is 27.6. The maximum atomic E-state index is 13.3. The number of piperidine rings is 1. The van der Waals surface area contributed by atoms with Gasteiger partial charge in [0, 0.05) is 31.9 Å². The maximum absolute atomic E-state index is 13.3. The maximum Gasteiger partial charge on any atom is 0.326 e. The summed E-state index contributed by atoms with van der Waals surface area (Å²) in [7, 11) is 1.58. The third-order valence-corrected chi connectivity index (χ3v) is 14.0. The summed E-state index contributed by atoms with van der Waals surface area (Å²) in [6.07, 6.45) is 20.8. The largest absolute Gasteiger partial charge is 0.480 e. The van der Waals surface area contributed by atoms with Gasteiger partial charge in [-0.05, 0) is 128 Å². The number of hydrogen-bond acceptors (Lipinski definition) is 13. The number of carboxylic acids is 1. The molecule has 2 saturated heterocycles. The van der Waals surface area contributed by atoms with Crippen molar-refractivity contribution in [2.75, 3.05) is 26.9 Å². The number of esters is 1. The molecule has 2 aliphatic heterocycles. The quantitative estimate of drug-likeness (QED) is 0.0249. The number of carbonyl (C=O) groups is 5. The second-order valence-corrected chi connectivity index (χ2v) is 19.7. The van der Waals surface area contributed by atoms with Gasteiger partial charge in [0.25, 0.3) is 11.7 Å². The molecule has 2 unspecified atom stereocenters. The van der Waals surface area contributed by atoms with Crippen molar-refractivity contribution in [1.82, 2.24) is 4.90 Å². The monoisotopic (exact) mass is 944 g/mol. The second kappa shape index (κ2) is 28.0. The van der Waals surface area contributed by atoms with E-state index in [-0.39, 0.29) is 43.1 Å². The van der Waals surface area contributed by atoms with E-state index in [1.54, 1.807) is 33.1 Å². The second-order valence-electron chi connectivity index (χ2n) is 19.7. The van der Waals surface area contributed by atoms with E-state index in [0.29, 0.717) is 75.7 Å². The van der Waals surface area contributed by atoms with Gasteiger partial charge in [0.2, 0.25) is 5.79 Å². The van der Waals surface area contributed by atoms with Crippen molar-refractivity contribution in [3.8, 4) is 0 Å². The Morgan fingerprint density at radius 3 is 2.31 bits per heavy atom. The smallest absolute Gasteiger partial charge is 0.326 e. The van der Waals surface area contributed by atoms with E-state index in [4.69, 9.17) is 14.2 Å². The molecular formula is C52H81NO14. The summed E-state index contributed by atoms with van der Waals surface area (Å²) in [5.41, 5.74) is 0.324. The van der Waals surface area contributed by atoms with Gasteiger partial charge in [0.15, 0.2) is 0 Å². The molecule has 6 N–H and O–H groups in total. The Bertz CT molecular complexity index is 1780. The highest BCUT2D eigenvalue weighted by Gasteiger charge is 2.52. The molecule has 15 nitrogen and oxygen atoms in total. The van der Waals surface area contributed by atoms with E-state index in [2.05, 4.69) is 0 Å². The molecule has 3 aliphatic rings. The Morgan fingerprint density at radius 2 is 1.64 bits per heavy atom. The van der Waals surface area contributed by atoms with Gasteiger partial charge >= 0.3 is 11.9 Å². The molecule has 3 rings (SSSR count). The summed E-state index contributed by atoms with van der Waals surface area (Å²) < 4.78 is 17.2. The van der Waals surface area contributed by atoms with Gasteiger partial charge < -0.3 is 49.7 Å². The molecule has 0 radical (unpaired) electrons. The van der Waals surface area contributed by atoms with Crippen LogP contribution in [0.3, 0.4) is 0 Å². The molecule has 2 heterocycles. The predicted molar refractivity (Wildman–Crippen MR) is 253 cm³/mol. The van der Waals surface area contributed by atoms with Crippen LogP contribution in [0.1, 0.15) is 138 Å². The number of rotatable bonds is 26. The Labute approximate surface area is 398 Å². The summed E-state index contributed by atoms with van der Waals surface area (Å²) in [5, 5.41) is 61.3. The van der Waals surface area contributed by atoms with Crippen molar-refractivity contribution in [2.45, 2.75) is 180 Å². The number of hydrogen-bond donors (Lipinski definition) is 6. The van der Waals surface area contributed by atoms with E-state index in [1.165, 1.54) is 6.92 Å². The first-order chi connectivity index (χ1) is 31.7. The third kappa shape index (κ3) is 17.6. The van der Waals surface area contributed by atoms with Crippen LogP contribution < -0.4 is 0 Å². The lowest BCUT2D eigenvalue weighted by Gasteiger charge is -2.42. The van der Waals surface area contributed by atoms with Gasteiger partial charge in [0.05, 0.1) is 37.6 Å². The first-order valence-electron chi connectivity index (χ1n) is 24.4. The summed E-state index contributed by atoms with van der Waals surface area (Å²) in [6.45, 7) is 9.87. The SMILES string of the molecule is CO[C@@H]1C[C@H](CC/C=C/C(O)C/C=C(\C)[C@@H](O)CC(=O)[C@H](C)C[C@H](C)/C=C/C=C/C=C(\C)CCC2CC[C@@H](C)[C@](O)(C(=O)C(=O)N3CCCC[C@H]3C(=O)O)O2)CC[C@H]1OC(=O)C(C)(CO)CO. The Morgan fingerprint density at radius 1 is 0.925 bits per heavy atom. The van der Waals surface area contributed by atoms with E-state index < -0.39 is 84.4 Å². The lowest BCUT2D eigenvalue weighted by molar-refractivity contribution is -0.263. The van der Waals surface area contributed by atoms with Crippen molar-refractivity contribution >= 4 is 29.4 Å². The van der Waals surface area contributed by atoms with Crippen LogP contribution in [0.2, 0.25) is 0 Å². The number of aliphatic carboxylic acids is 1. The molecule has 0 bridgehead atoms. The van der Waals surface area contributed by atoms with Crippen LogP contribution >= 0.6 is 0 Å². The molecule has 15 heteroatoms. The molecule has 378 valence electrons. The van der Waals surface area contributed by atoms with Crippen LogP contribution in [0.15, 0.2) is 59.8 Å². The fourth-order valence-electron chi connectivity index (χ4n) is 8.98. The Hall–Kier alpha value is -3.83. The standard InChI is InChI=1S/C52H81NO14/c1-34(20-25-41-26-22-38(5)52(64,67-41)47(59)48(60)53-28-14-13-19-42(53)49(61)62)15-9-8-10-16-35(2)29-37(4)44(58)31-43(57)36(3)21-24-40(56)18-12-11-17-39-23-27-45(46(30-39)65-7)66-50(63)51(6,32-54)33-55/h8-10,12,15-16,18,21,35,37-43,45-46,54-57,64H,11,13-14,17,19-20,22-33H2,1-7H3,(H,61,62)/b9-8+,16-10+,18-12+,34-15+,36-21+/t35-,37-,38-,39-,40?,41?,42+,43+,45-,46-,52-/m1/s1. The van der Waals surface area contributed by atoms with Crippen LogP contribution in [0.4, 0.5) is 0 Å². The predicted octanol–water partition coefficient (Wildman–Crippen LogP) is 6.10. The number of ketones is 2. The van der Waals surface area contributed by atoms with E-state index in [1.807, 2.05) is 57.2 Å². The zero-order valence-corrected chi connectivity index (χ0v) is 41.0. The first-order valence-corrected chi connectivity index (χ1v) is 24.4. The molecule has 0 aromatic heterocycles. The minimum Gasteiger partial charge on any atom is -0.480 e. The van der Waals surface area contributed by atoms with Gasteiger partial charge in [0.1, 0.15) is 23.3 Å². The first kappa shape index (κ1) is 57.5. The molecule has 0 spiro atoms.